The highest BCUT2D eigenvalue weighted by molar-refractivity contribution is 7.08. The van der Waals surface area contributed by atoms with Gasteiger partial charge in [-0.1, -0.05) is 6.92 Å². The Morgan fingerprint density at radius 3 is 2.92 bits per heavy atom. The molecule has 0 saturated heterocycles. The van der Waals surface area contributed by atoms with Crippen molar-refractivity contribution < 1.29 is 0 Å². The lowest BCUT2D eigenvalue weighted by atomic mass is 10.1. The molecule has 0 amide bonds. The van der Waals surface area contributed by atoms with Gasteiger partial charge in [0.2, 0.25) is 0 Å². The zero-order valence-electron chi connectivity index (χ0n) is 6.87. The molecule has 1 heterocycles. The molecule has 0 aliphatic rings. The molecular formula is C9H10N2S. The van der Waals surface area contributed by atoms with Crippen molar-refractivity contribution in [2.45, 2.75) is 13.3 Å². The van der Waals surface area contributed by atoms with Gasteiger partial charge < -0.3 is 5.73 Å². The average Bonchev–Trinajstić information content (AvgIpc) is 2.58. The number of rotatable bonds is 2. The second kappa shape index (κ2) is 3.93. The molecule has 0 spiro atoms. The fourth-order valence-corrected chi connectivity index (χ4v) is 1.58. The quantitative estimate of drug-likeness (QED) is 0.707. The zero-order chi connectivity index (χ0) is 8.97. The fraction of sp³-hybridized carbons (Fsp3) is 0.222. The lowest BCUT2D eigenvalue weighted by Gasteiger charge is -1.99. The molecule has 0 atom stereocenters. The summed E-state index contributed by atoms with van der Waals surface area (Å²) in [5.74, 6) is 0. The van der Waals surface area contributed by atoms with E-state index in [1.54, 1.807) is 11.3 Å². The summed E-state index contributed by atoms with van der Waals surface area (Å²) in [7, 11) is 0. The molecular weight excluding hydrogens is 168 g/mol. The maximum absolute atomic E-state index is 8.71. The summed E-state index contributed by atoms with van der Waals surface area (Å²) in [6.07, 6.45) is 0.693. The van der Waals surface area contributed by atoms with Crippen molar-refractivity contribution in [1.29, 1.82) is 5.26 Å². The number of nitrogens with zero attached hydrogens (tertiary/aromatic N) is 1. The van der Waals surface area contributed by atoms with Gasteiger partial charge in [-0.3, -0.25) is 0 Å². The van der Waals surface area contributed by atoms with Gasteiger partial charge in [0.15, 0.2) is 0 Å². The highest BCUT2D eigenvalue weighted by Crippen LogP contribution is 2.17. The Labute approximate surface area is 75.9 Å². The second-order valence-corrected chi connectivity index (χ2v) is 3.15. The van der Waals surface area contributed by atoms with Crippen LogP contribution in [0.5, 0.6) is 0 Å². The number of nitriles is 1. The summed E-state index contributed by atoms with van der Waals surface area (Å²) in [6, 6.07) is 4.02. The Morgan fingerprint density at radius 1 is 1.75 bits per heavy atom. The minimum Gasteiger partial charge on any atom is -0.397 e. The van der Waals surface area contributed by atoms with E-state index in [2.05, 4.69) is 6.07 Å². The summed E-state index contributed by atoms with van der Waals surface area (Å²) in [4.78, 5) is 0. The van der Waals surface area contributed by atoms with E-state index in [4.69, 9.17) is 11.0 Å². The Morgan fingerprint density at radius 2 is 2.50 bits per heavy atom. The lowest BCUT2D eigenvalue weighted by molar-refractivity contribution is 1.15. The molecule has 0 saturated carbocycles. The van der Waals surface area contributed by atoms with Gasteiger partial charge in [0.1, 0.15) is 0 Å². The third-order valence-corrected chi connectivity index (χ3v) is 2.33. The van der Waals surface area contributed by atoms with Crippen LogP contribution in [0.3, 0.4) is 0 Å². The molecule has 0 aliphatic heterocycles. The number of allylic oxidation sites excluding steroid dienone is 1. The largest absolute Gasteiger partial charge is 0.397 e. The molecule has 1 aromatic rings. The molecule has 0 aliphatic carbocycles. The van der Waals surface area contributed by atoms with Crippen LogP contribution in [0.4, 0.5) is 0 Å². The minimum absolute atomic E-state index is 0.612. The summed E-state index contributed by atoms with van der Waals surface area (Å²) < 4.78 is 0. The van der Waals surface area contributed by atoms with Gasteiger partial charge in [-0.05, 0) is 17.9 Å². The van der Waals surface area contributed by atoms with Crippen molar-refractivity contribution in [3.8, 4) is 6.07 Å². The Kier molecular flexibility index (Phi) is 2.89. The van der Waals surface area contributed by atoms with Crippen molar-refractivity contribution in [2.24, 2.45) is 5.73 Å². The summed E-state index contributed by atoms with van der Waals surface area (Å²) >= 11 is 1.58. The van der Waals surface area contributed by atoms with Crippen molar-refractivity contribution in [2.75, 3.05) is 0 Å². The predicted molar refractivity (Wildman–Crippen MR) is 51.3 cm³/mol. The van der Waals surface area contributed by atoms with Crippen LogP contribution in [0.2, 0.25) is 0 Å². The maximum Gasteiger partial charge on any atom is 0.0968 e. The first kappa shape index (κ1) is 8.82. The molecule has 0 unspecified atom stereocenters. The van der Waals surface area contributed by atoms with E-state index < -0.39 is 0 Å². The van der Waals surface area contributed by atoms with Gasteiger partial charge in [-0.2, -0.15) is 16.6 Å². The zero-order valence-corrected chi connectivity index (χ0v) is 7.69. The monoisotopic (exact) mass is 178 g/mol. The third-order valence-electron chi connectivity index (χ3n) is 1.65. The van der Waals surface area contributed by atoms with Crippen molar-refractivity contribution in [3.05, 3.63) is 28.0 Å². The SMILES string of the molecule is CC/C(C#N)=C(/N)c1ccsc1. The smallest absolute Gasteiger partial charge is 0.0968 e. The fourth-order valence-electron chi connectivity index (χ4n) is 0.922. The highest BCUT2D eigenvalue weighted by atomic mass is 32.1. The van der Waals surface area contributed by atoms with E-state index in [0.717, 1.165) is 5.56 Å². The molecule has 2 nitrogen and oxygen atoms in total. The van der Waals surface area contributed by atoms with Crippen molar-refractivity contribution >= 4 is 17.0 Å². The minimum atomic E-state index is 0.612. The van der Waals surface area contributed by atoms with Crippen molar-refractivity contribution in [3.63, 3.8) is 0 Å². The Balaban J connectivity index is 3.05. The molecule has 2 N–H and O–H groups in total. The van der Waals surface area contributed by atoms with Crippen LogP contribution in [0.15, 0.2) is 22.4 Å². The van der Waals surface area contributed by atoms with Gasteiger partial charge in [0.05, 0.1) is 17.3 Å². The summed E-state index contributed by atoms with van der Waals surface area (Å²) in [6.45, 7) is 1.93. The first-order valence-electron chi connectivity index (χ1n) is 3.71. The van der Waals surface area contributed by atoms with Crippen LogP contribution in [0, 0.1) is 11.3 Å². The number of hydrogen-bond acceptors (Lipinski definition) is 3. The van der Waals surface area contributed by atoms with Gasteiger partial charge in [0.25, 0.3) is 0 Å². The molecule has 12 heavy (non-hydrogen) atoms. The van der Waals surface area contributed by atoms with Crippen LogP contribution in [-0.4, -0.2) is 0 Å². The standard InChI is InChI=1S/C9H10N2S/c1-2-7(5-10)9(11)8-3-4-12-6-8/h3-4,6H,2,11H2,1H3/b9-7-. The topological polar surface area (TPSA) is 49.8 Å². The van der Waals surface area contributed by atoms with Crippen molar-refractivity contribution in [1.82, 2.24) is 0 Å². The van der Waals surface area contributed by atoms with E-state index in [1.807, 2.05) is 23.8 Å². The van der Waals surface area contributed by atoms with Crippen LogP contribution < -0.4 is 5.73 Å². The van der Waals surface area contributed by atoms with E-state index in [-0.39, 0.29) is 0 Å². The maximum atomic E-state index is 8.71. The molecule has 1 rings (SSSR count). The molecule has 0 fully saturated rings. The molecule has 1 aromatic heterocycles. The molecule has 3 heteroatoms. The van der Waals surface area contributed by atoms with Crippen LogP contribution in [0.1, 0.15) is 18.9 Å². The Bertz CT molecular complexity index is 317. The van der Waals surface area contributed by atoms with Crippen LogP contribution >= 0.6 is 11.3 Å². The predicted octanol–water partition coefficient (Wildman–Crippen LogP) is 2.35. The first-order chi connectivity index (χ1) is 5.79. The van der Waals surface area contributed by atoms with Gasteiger partial charge in [-0.25, -0.2) is 0 Å². The van der Waals surface area contributed by atoms with E-state index in [9.17, 15) is 0 Å². The third kappa shape index (κ3) is 1.66. The van der Waals surface area contributed by atoms with E-state index in [0.29, 0.717) is 17.7 Å². The van der Waals surface area contributed by atoms with E-state index >= 15 is 0 Å². The molecule has 62 valence electrons. The van der Waals surface area contributed by atoms with Crippen LogP contribution in [-0.2, 0) is 0 Å². The molecule has 0 aromatic carbocycles. The van der Waals surface area contributed by atoms with E-state index in [1.165, 1.54) is 0 Å². The lowest BCUT2D eigenvalue weighted by Crippen LogP contribution is -1.98. The Hall–Kier alpha value is -1.27. The van der Waals surface area contributed by atoms with Gasteiger partial charge in [0, 0.05) is 10.9 Å². The first-order valence-corrected chi connectivity index (χ1v) is 4.65. The highest BCUT2D eigenvalue weighted by Gasteiger charge is 2.02. The number of thiophene rings is 1. The van der Waals surface area contributed by atoms with Gasteiger partial charge >= 0.3 is 0 Å². The molecule has 0 bridgehead atoms. The molecule has 0 radical (unpaired) electrons. The summed E-state index contributed by atoms with van der Waals surface area (Å²) in [5, 5.41) is 12.6. The second-order valence-electron chi connectivity index (χ2n) is 2.37. The van der Waals surface area contributed by atoms with Crippen LogP contribution in [0.25, 0.3) is 5.70 Å². The normalized spacial score (nSPS) is 12.0. The number of nitrogens with two attached hydrogens (primary N) is 1. The number of hydrogen-bond donors (Lipinski definition) is 1. The summed E-state index contributed by atoms with van der Waals surface area (Å²) in [5.41, 5.74) is 8.00. The van der Waals surface area contributed by atoms with Gasteiger partial charge in [-0.15, -0.1) is 0 Å². The average molecular weight is 178 g/mol.